The summed E-state index contributed by atoms with van der Waals surface area (Å²) < 4.78 is 0. The molecule has 1 heterocycles. The van der Waals surface area contributed by atoms with Crippen LogP contribution in [0.3, 0.4) is 0 Å². The number of nitrogen functional groups attached to an aromatic ring is 1. The highest BCUT2D eigenvalue weighted by Gasteiger charge is 2.29. The first-order valence-corrected chi connectivity index (χ1v) is 6.46. The van der Waals surface area contributed by atoms with Crippen LogP contribution >= 0.6 is 0 Å². The van der Waals surface area contributed by atoms with Crippen LogP contribution in [0.5, 0.6) is 0 Å². The van der Waals surface area contributed by atoms with E-state index >= 15 is 0 Å². The number of amides is 1. The van der Waals surface area contributed by atoms with Gasteiger partial charge in [-0.25, -0.2) is 0 Å². The lowest BCUT2D eigenvalue weighted by molar-refractivity contribution is -0.383. The van der Waals surface area contributed by atoms with E-state index in [1.807, 2.05) is 0 Å². The Morgan fingerprint density at radius 2 is 2.14 bits per heavy atom. The number of nitrogens with two attached hydrogens (primary N) is 1. The summed E-state index contributed by atoms with van der Waals surface area (Å²) in [6.07, 6.45) is 1.13. The number of piperidine rings is 1. The first kappa shape index (κ1) is 14.8. The fourth-order valence-electron chi connectivity index (χ4n) is 2.38. The number of rotatable bonds is 3. The molecule has 1 fully saturated rings. The zero-order valence-corrected chi connectivity index (χ0v) is 11.2. The molecule has 0 bridgehead atoms. The fraction of sp³-hybridized carbons (Fsp3) is 0.385. The zero-order chi connectivity index (χ0) is 15.6. The van der Waals surface area contributed by atoms with Crippen molar-refractivity contribution in [3.8, 4) is 0 Å². The maximum atomic E-state index is 12.3. The number of carbonyl (C=O) groups excluding carboxylic acids is 1. The summed E-state index contributed by atoms with van der Waals surface area (Å²) in [5.41, 5.74) is 5.29. The van der Waals surface area contributed by atoms with E-state index in [2.05, 4.69) is 0 Å². The number of nitro groups is 1. The van der Waals surface area contributed by atoms with Crippen LogP contribution in [-0.4, -0.2) is 39.9 Å². The molecular weight excluding hydrogens is 278 g/mol. The fourth-order valence-corrected chi connectivity index (χ4v) is 2.38. The van der Waals surface area contributed by atoms with Crippen LogP contribution in [-0.2, 0) is 4.79 Å². The summed E-state index contributed by atoms with van der Waals surface area (Å²) in [6.45, 7) is 0.563. The zero-order valence-electron chi connectivity index (χ0n) is 11.2. The maximum Gasteiger partial charge on any atom is 0.308 e. The van der Waals surface area contributed by atoms with Crippen LogP contribution in [0.25, 0.3) is 0 Å². The quantitative estimate of drug-likeness (QED) is 0.488. The minimum Gasteiger partial charge on any atom is -0.481 e. The van der Waals surface area contributed by atoms with Gasteiger partial charge in [-0.3, -0.25) is 19.7 Å². The van der Waals surface area contributed by atoms with Gasteiger partial charge < -0.3 is 15.7 Å². The van der Waals surface area contributed by atoms with E-state index < -0.39 is 22.7 Å². The van der Waals surface area contributed by atoms with Gasteiger partial charge in [-0.2, -0.15) is 0 Å². The average molecular weight is 293 g/mol. The summed E-state index contributed by atoms with van der Waals surface area (Å²) in [5.74, 6) is -1.94. The second-order valence-corrected chi connectivity index (χ2v) is 4.96. The molecule has 112 valence electrons. The van der Waals surface area contributed by atoms with E-state index in [0.717, 1.165) is 6.07 Å². The Bertz CT molecular complexity index is 601. The molecule has 21 heavy (non-hydrogen) atoms. The SMILES string of the molecule is Nc1ccc(C(=O)N2CCCC(C(=O)O)C2)cc1[N+](=O)[O-]. The lowest BCUT2D eigenvalue weighted by Crippen LogP contribution is -2.42. The molecule has 1 aromatic rings. The maximum absolute atomic E-state index is 12.3. The molecule has 1 unspecified atom stereocenters. The van der Waals surface area contributed by atoms with E-state index in [-0.39, 0.29) is 23.5 Å². The van der Waals surface area contributed by atoms with Gasteiger partial charge >= 0.3 is 5.97 Å². The van der Waals surface area contributed by atoms with Gasteiger partial charge in [-0.05, 0) is 25.0 Å². The second kappa shape index (κ2) is 5.78. The highest BCUT2D eigenvalue weighted by molar-refractivity contribution is 5.96. The molecule has 1 aliphatic heterocycles. The van der Waals surface area contributed by atoms with Crippen LogP contribution in [0.15, 0.2) is 18.2 Å². The first-order chi connectivity index (χ1) is 9.90. The topological polar surface area (TPSA) is 127 Å². The number of hydrogen-bond acceptors (Lipinski definition) is 5. The van der Waals surface area contributed by atoms with E-state index in [9.17, 15) is 19.7 Å². The predicted molar refractivity (Wildman–Crippen MR) is 73.8 cm³/mol. The normalized spacial score (nSPS) is 18.3. The number of nitrogens with zero attached hydrogens (tertiary/aromatic N) is 2. The van der Waals surface area contributed by atoms with Crippen molar-refractivity contribution in [3.63, 3.8) is 0 Å². The van der Waals surface area contributed by atoms with E-state index in [1.165, 1.54) is 17.0 Å². The third-order valence-electron chi connectivity index (χ3n) is 3.53. The molecule has 3 N–H and O–H groups in total. The van der Waals surface area contributed by atoms with Gasteiger partial charge in [0.25, 0.3) is 11.6 Å². The lowest BCUT2D eigenvalue weighted by atomic mass is 9.97. The molecule has 0 aromatic heterocycles. The van der Waals surface area contributed by atoms with E-state index in [1.54, 1.807) is 0 Å². The Morgan fingerprint density at radius 3 is 2.76 bits per heavy atom. The predicted octanol–water partition coefficient (Wildman–Crippen LogP) is 1.11. The molecule has 1 saturated heterocycles. The molecule has 0 spiro atoms. The van der Waals surface area contributed by atoms with Crippen molar-refractivity contribution in [2.45, 2.75) is 12.8 Å². The summed E-state index contributed by atoms with van der Waals surface area (Å²) in [5, 5.41) is 19.9. The summed E-state index contributed by atoms with van der Waals surface area (Å²) in [6, 6.07) is 3.85. The number of benzene rings is 1. The van der Waals surface area contributed by atoms with Gasteiger partial charge in [-0.15, -0.1) is 0 Å². The number of anilines is 1. The molecule has 2 rings (SSSR count). The Kier molecular flexibility index (Phi) is 4.06. The van der Waals surface area contributed by atoms with Crippen molar-refractivity contribution in [2.24, 2.45) is 5.92 Å². The van der Waals surface area contributed by atoms with Gasteiger partial charge in [0.1, 0.15) is 5.69 Å². The van der Waals surface area contributed by atoms with Gasteiger partial charge in [0, 0.05) is 24.7 Å². The number of carboxylic acids is 1. The summed E-state index contributed by atoms with van der Waals surface area (Å²) in [7, 11) is 0. The van der Waals surface area contributed by atoms with Gasteiger partial charge in [-0.1, -0.05) is 0 Å². The van der Waals surface area contributed by atoms with Crippen LogP contribution < -0.4 is 5.73 Å². The summed E-state index contributed by atoms with van der Waals surface area (Å²) >= 11 is 0. The minimum atomic E-state index is -0.934. The third kappa shape index (κ3) is 3.10. The number of carboxylic acid groups (broad SMARTS) is 1. The number of aliphatic carboxylic acids is 1. The Balaban J connectivity index is 2.22. The van der Waals surface area contributed by atoms with Crippen LogP contribution in [0, 0.1) is 16.0 Å². The smallest absolute Gasteiger partial charge is 0.308 e. The van der Waals surface area contributed by atoms with Crippen molar-refractivity contribution < 1.29 is 19.6 Å². The molecule has 1 aliphatic rings. The minimum absolute atomic E-state index is 0.0152. The monoisotopic (exact) mass is 293 g/mol. The molecule has 1 aromatic carbocycles. The molecule has 8 heteroatoms. The van der Waals surface area contributed by atoms with Crippen molar-refractivity contribution in [1.29, 1.82) is 0 Å². The third-order valence-corrected chi connectivity index (χ3v) is 3.53. The van der Waals surface area contributed by atoms with Crippen LogP contribution in [0.4, 0.5) is 11.4 Å². The highest BCUT2D eigenvalue weighted by Crippen LogP contribution is 2.24. The number of carbonyl (C=O) groups is 2. The average Bonchev–Trinajstić information content (AvgIpc) is 2.46. The highest BCUT2D eigenvalue weighted by atomic mass is 16.6. The molecule has 0 saturated carbocycles. The molecule has 8 nitrogen and oxygen atoms in total. The molecule has 0 radical (unpaired) electrons. The van der Waals surface area contributed by atoms with E-state index in [0.29, 0.717) is 19.4 Å². The van der Waals surface area contributed by atoms with Crippen molar-refractivity contribution in [3.05, 3.63) is 33.9 Å². The van der Waals surface area contributed by atoms with Gasteiger partial charge in [0.15, 0.2) is 0 Å². The molecular formula is C13H15N3O5. The Hall–Kier alpha value is -2.64. The standard InChI is InChI=1S/C13H15N3O5/c14-10-4-3-8(6-11(10)16(20)21)12(17)15-5-1-2-9(7-15)13(18)19/h3-4,6,9H,1-2,5,7,14H2,(H,18,19). The molecule has 0 aliphatic carbocycles. The van der Waals surface area contributed by atoms with E-state index in [4.69, 9.17) is 10.8 Å². The Morgan fingerprint density at radius 1 is 1.43 bits per heavy atom. The molecule has 1 amide bonds. The van der Waals surface area contributed by atoms with Crippen LogP contribution in [0.1, 0.15) is 23.2 Å². The Labute approximate surface area is 120 Å². The number of nitro benzene ring substituents is 1. The van der Waals surface area contributed by atoms with Gasteiger partial charge in [0.2, 0.25) is 0 Å². The van der Waals surface area contributed by atoms with Crippen LogP contribution in [0.2, 0.25) is 0 Å². The lowest BCUT2D eigenvalue weighted by Gasteiger charge is -2.30. The first-order valence-electron chi connectivity index (χ1n) is 6.46. The second-order valence-electron chi connectivity index (χ2n) is 4.96. The van der Waals surface area contributed by atoms with Crippen molar-refractivity contribution >= 4 is 23.3 Å². The largest absolute Gasteiger partial charge is 0.481 e. The summed E-state index contributed by atoms with van der Waals surface area (Å²) in [4.78, 5) is 34.9. The number of likely N-dealkylation sites (tertiary alicyclic amines) is 1. The van der Waals surface area contributed by atoms with Crippen molar-refractivity contribution in [1.82, 2.24) is 4.90 Å². The van der Waals surface area contributed by atoms with Gasteiger partial charge in [0.05, 0.1) is 10.8 Å². The van der Waals surface area contributed by atoms with Crippen molar-refractivity contribution in [2.75, 3.05) is 18.8 Å². The number of hydrogen-bond donors (Lipinski definition) is 2. The molecule has 1 atom stereocenters.